The van der Waals surface area contributed by atoms with E-state index in [0.29, 0.717) is 49.4 Å². The van der Waals surface area contributed by atoms with E-state index in [2.05, 4.69) is 20.9 Å². The summed E-state index contributed by atoms with van der Waals surface area (Å²) in [4.78, 5) is 60.8. The van der Waals surface area contributed by atoms with Crippen LogP contribution < -0.4 is 20.7 Å². The molecule has 15 heteroatoms. The zero-order chi connectivity index (χ0) is 44.1. The van der Waals surface area contributed by atoms with Crippen molar-refractivity contribution >= 4 is 35.1 Å². The summed E-state index contributed by atoms with van der Waals surface area (Å²) in [6.07, 6.45) is 4.43. The average Bonchev–Trinajstić information content (AvgIpc) is 3.90. The highest BCUT2D eigenvalue weighted by molar-refractivity contribution is 5.92. The Hall–Kier alpha value is -5.54. The number of fused-ring (bicyclic) bond motifs is 1. The molecular weight excluding hydrogens is 798 g/mol. The lowest BCUT2D eigenvalue weighted by Gasteiger charge is -2.30. The van der Waals surface area contributed by atoms with Gasteiger partial charge in [0.1, 0.15) is 34.8 Å². The van der Waals surface area contributed by atoms with Crippen molar-refractivity contribution in [1.29, 1.82) is 0 Å². The number of oxazole rings is 1. The number of likely N-dealkylation sites (tertiary alicyclic amines) is 1. The molecule has 5 atom stereocenters. The van der Waals surface area contributed by atoms with Crippen LogP contribution in [0.15, 0.2) is 83.3 Å². The number of hydrogen-bond donors (Lipinski definition) is 4. The fraction of sp³-hybridized carbons (Fsp3) is 0.511. The molecule has 334 valence electrons. The van der Waals surface area contributed by atoms with E-state index in [9.17, 15) is 28.7 Å². The minimum absolute atomic E-state index is 0.0290. The molecule has 1 unspecified atom stereocenters. The zero-order valence-corrected chi connectivity index (χ0v) is 35.9. The Bertz CT molecular complexity index is 2040. The third kappa shape index (κ3) is 13.7. The highest BCUT2D eigenvalue weighted by atomic mass is 19.1. The van der Waals surface area contributed by atoms with Gasteiger partial charge in [-0.25, -0.2) is 19.0 Å². The van der Waals surface area contributed by atoms with Crippen LogP contribution in [-0.2, 0) is 25.5 Å². The SMILES string of the molecule is CC(C)(C)OC(=O)NCCCC[C@H](NC(=O)[C@@H]1C[C@@H](OCC2CCCCC2)CN1C(=O)[C@@H](CCc1ccccc1)NC(=O)Oc1ccc(F)cc1)C(O)c1nc2ccccc2o1. The Morgan fingerprint density at radius 3 is 2.35 bits per heavy atom. The van der Waals surface area contributed by atoms with Gasteiger partial charge in [0.15, 0.2) is 11.7 Å². The van der Waals surface area contributed by atoms with Gasteiger partial charge in [0.25, 0.3) is 0 Å². The maximum absolute atomic E-state index is 14.7. The molecule has 4 N–H and O–H groups in total. The molecule has 0 bridgehead atoms. The van der Waals surface area contributed by atoms with Crippen LogP contribution in [0.5, 0.6) is 5.75 Å². The van der Waals surface area contributed by atoms with Gasteiger partial charge in [-0.2, -0.15) is 0 Å². The second-order valence-corrected chi connectivity index (χ2v) is 17.3. The van der Waals surface area contributed by atoms with Gasteiger partial charge in [-0.1, -0.05) is 61.7 Å². The van der Waals surface area contributed by atoms with E-state index in [1.54, 1.807) is 45.0 Å². The number of amides is 4. The Labute approximate surface area is 362 Å². The van der Waals surface area contributed by atoms with Crippen LogP contribution in [0.4, 0.5) is 14.0 Å². The van der Waals surface area contributed by atoms with Crippen LogP contribution in [0, 0.1) is 11.7 Å². The first-order valence-corrected chi connectivity index (χ1v) is 21.8. The van der Waals surface area contributed by atoms with Crippen molar-refractivity contribution < 1.29 is 47.3 Å². The fourth-order valence-corrected chi connectivity index (χ4v) is 8.00. The molecule has 4 aromatic rings. The second-order valence-electron chi connectivity index (χ2n) is 17.3. The first-order valence-electron chi connectivity index (χ1n) is 21.8. The van der Waals surface area contributed by atoms with Gasteiger partial charge < -0.3 is 44.6 Å². The summed E-state index contributed by atoms with van der Waals surface area (Å²) in [6.45, 7) is 6.27. The van der Waals surface area contributed by atoms with E-state index < -0.39 is 65.8 Å². The Kier molecular flexibility index (Phi) is 16.3. The van der Waals surface area contributed by atoms with E-state index in [1.165, 1.54) is 23.5 Å². The summed E-state index contributed by atoms with van der Waals surface area (Å²) in [5, 5.41) is 20.2. The monoisotopic (exact) mass is 857 g/mol. The summed E-state index contributed by atoms with van der Waals surface area (Å²) >= 11 is 0. The molecule has 2 fully saturated rings. The average molecular weight is 858 g/mol. The number of aliphatic hydroxyl groups excluding tert-OH is 1. The Balaban J connectivity index is 1.21. The minimum atomic E-state index is -1.35. The number of carbonyl (C=O) groups is 4. The summed E-state index contributed by atoms with van der Waals surface area (Å²) in [7, 11) is 0. The van der Waals surface area contributed by atoms with Gasteiger partial charge in [-0.3, -0.25) is 9.59 Å². The number of carbonyl (C=O) groups excluding carboxylic acids is 4. The van der Waals surface area contributed by atoms with Crippen LogP contribution in [-0.4, -0.2) is 88.5 Å². The highest BCUT2D eigenvalue weighted by Crippen LogP contribution is 2.29. The molecule has 62 heavy (non-hydrogen) atoms. The smallest absolute Gasteiger partial charge is 0.413 e. The van der Waals surface area contributed by atoms with Gasteiger partial charge >= 0.3 is 12.2 Å². The van der Waals surface area contributed by atoms with E-state index in [1.807, 2.05) is 30.3 Å². The quantitative estimate of drug-likeness (QED) is 0.0731. The standard InChI is InChI=1S/C47H60FN5O9/c1-47(2,3)62-45(57)49-27-13-12-19-37(41(54)43-51-36-18-10-11-20-40(36)61-43)50-42(55)39-28-35(59-30-32-16-8-5-9-17-32)29-53(39)44(56)38(26-21-31-14-6-4-7-15-31)52-46(58)60-34-24-22-33(48)23-25-34/h4,6-7,10-11,14-15,18,20,22-25,32,35,37-39,41,54H,5,8-9,12-13,16-17,19,21,26-30H2,1-3H3,(H,49,57)(H,50,55)(H,52,58)/t35-,37+,38-,39+,41?/m1/s1. The summed E-state index contributed by atoms with van der Waals surface area (Å²) in [6, 6.07) is 18.6. The first kappa shape index (κ1) is 46.0. The number of benzene rings is 3. The van der Waals surface area contributed by atoms with Gasteiger partial charge in [-0.15, -0.1) is 0 Å². The number of hydrogen-bond acceptors (Lipinski definition) is 10. The van der Waals surface area contributed by atoms with Crippen molar-refractivity contribution in [3.05, 3.63) is 96.1 Å². The van der Waals surface area contributed by atoms with Crippen molar-refractivity contribution in [3.8, 4) is 5.75 Å². The molecule has 2 heterocycles. The van der Waals surface area contributed by atoms with Crippen molar-refractivity contribution in [2.45, 2.75) is 127 Å². The number of aliphatic hydroxyl groups is 1. The molecule has 0 radical (unpaired) electrons. The highest BCUT2D eigenvalue weighted by Gasteiger charge is 2.44. The van der Waals surface area contributed by atoms with Crippen molar-refractivity contribution in [1.82, 2.24) is 25.8 Å². The van der Waals surface area contributed by atoms with Crippen LogP contribution in [0.1, 0.15) is 103 Å². The molecule has 14 nitrogen and oxygen atoms in total. The predicted molar refractivity (Wildman–Crippen MR) is 230 cm³/mol. The second kappa shape index (κ2) is 22.0. The molecule has 4 amide bonds. The van der Waals surface area contributed by atoms with Gasteiger partial charge in [0.2, 0.25) is 17.7 Å². The maximum atomic E-state index is 14.7. The van der Waals surface area contributed by atoms with Crippen molar-refractivity contribution in [3.63, 3.8) is 0 Å². The summed E-state index contributed by atoms with van der Waals surface area (Å²) < 4.78 is 36.7. The predicted octanol–water partition coefficient (Wildman–Crippen LogP) is 7.54. The lowest BCUT2D eigenvalue weighted by Crippen LogP contribution is -2.55. The molecule has 1 aromatic heterocycles. The van der Waals surface area contributed by atoms with E-state index in [0.717, 1.165) is 43.4 Å². The number of aromatic nitrogens is 1. The lowest BCUT2D eigenvalue weighted by atomic mass is 9.90. The molecule has 1 saturated carbocycles. The number of para-hydroxylation sites is 2. The van der Waals surface area contributed by atoms with Crippen LogP contribution in [0.2, 0.25) is 0 Å². The number of alkyl carbamates (subject to hydrolysis) is 1. The van der Waals surface area contributed by atoms with E-state index in [4.69, 9.17) is 18.6 Å². The van der Waals surface area contributed by atoms with E-state index >= 15 is 0 Å². The molecular formula is C47H60FN5O9. The number of nitrogens with one attached hydrogen (secondary N) is 3. The van der Waals surface area contributed by atoms with Crippen LogP contribution >= 0.6 is 0 Å². The molecule has 3 aromatic carbocycles. The third-order valence-electron chi connectivity index (χ3n) is 11.2. The van der Waals surface area contributed by atoms with Gasteiger partial charge in [0.05, 0.1) is 12.1 Å². The third-order valence-corrected chi connectivity index (χ3v) is 11.2. The van der Waals surface area contributed by atoms with Crippen molar-refractivity contribution in [2.24, 2.45) is 5.92 Å². The first-order chi connectivity index (χ1) is 29.8. The largest absolute Gasteiger partial charge is 0.444 e. The zero-order valence-electron chi connectivity index (χ0n) is 35.9. The van der Waals surface area contributed by atoms with Crippen molar-refractivity contribution in [2.75, 3.05) is 19.7 Å². The summed E-state index contributed by atoms with van der Waals surface area (Å²) in [5.41, 5.74) is 1.32. The summed E-state index contributed by atoms with van der Waals surface area (Å²) in [5.74, 6) is -0.984. The Morgan fingerprint density at radius 2 is 1.63 bits per heavy atom. The molecule has 1 aliphatic heterocycles. The van der Waals surface area contributed by atoms with E-state index in [-0.39, 0.29) is 37.4 Å². The number of nitrogens with zero attached hydrogens (tertiary/aromatic N) is 2. The molecule has 0 spiro atoms. The van der Waals surface area contributed by atoms with Crippen LogP contribution in [0.3, 0.4) is 0 Å². The molecule has 1 aliphatic carbocycles. The maximum Gasteiger partial charge on any atom is 0.413 e. The molecule has 2 aliphatic rings. The molecule has 6 rings (SSSR count). The Morgan fingerprint density at radius 1 is 0.903 bits per heavy atom. The topological polar surface area (TPSA) is 182 Å². The number of aryl methyl sites for hydroxylation is 1. The lowest BCUT2D eigenvalue weighted by molar-refractivity contribution is -0.140. The van der Waals surface area contributed by atoms with Gasteiger partial charge in [-0.05, 0) is 114 Å². The minimum Gasteiger partial charge on any atom is -0.444 e. The molecule has 1 saturated heterocycles. The number of ether oxygens (including phenoxy) is 3. The normalized spacial score (nSPS) is 18.4. The number of halogens is 1. The number of rotatable bonds is 18. The van der Waals surface area contributed by atoms with Gasteiger partial charge in [0, 0.05) is 26.1 Å². The fourth-order valence-electron chi connectivity index (χ4n) is 8.00. The number of unbranched alkanes of at least 4 members (excludes halogenated alkanes) is 1. The van der Waals surface area contributed by atoms with Crippen LogP contribution in [0.25, 0.3) is 11.1 Å².